The van der Waals surface area contributed by atoms with Crippen LogP contribution in [0.15, 0.2) is 0 Å². The minimum atomic E-state index is -1.18. The zero-order valence-corrected chi connectivity index (χ0v) is 25.1. The highest BCUT2D eigenvalue weighted by Gasteiger charge is 2.27. The summed E-state index contributed by atoms with van der Waals surface area (Å²) in [7, 11) is 3.77. The van der Waals surface area contributed by atoms with E-state index in [9.17, 15) is 33.9 Å². The monoisotopic (exact) mass is 619 g/mol. The molecule has 0 spiro atoms. The van der Waals surface area contributed by atoms with E-state index in [1.807, 2.05) is 4.90 Å². The third-order valence-corrected chi connectivity index (χ3v) is 6.82. The number of hydrogen-bond acceptors (Lipinski definition) is 14. The maximum atomic E-state index is 12.1. The largest absolute Gasteiger partial charge is 0.480 e. The lowest BCUT2D eigenvalue weighted by atomic mass is 9.97. The maximum absolute atomic E-state index is 12.1. The fourth-order valence-electron chi connectivity index (χ4n) is 4.80. The van der Waals surface area contributed by atoms with Gasteiger partial charge in [0.05, 0.1) is 60.6 Å². The van der Waals surface area contributed by atoms with Gasteiger partial charge in [0.25, 0.3) is 0 Å². The van der Waals surface area contributed by atoms with Crippen molar-refractivity contribution in [2.24, 2.45) is 0 Å². The van der Waals surface area contributed by atoms with E-state index in [-0.39, 0.29) is 57.9 Å². The molecule has 2 unspecified atom stereocenters. The Kier molecular flexibility index (Phi) is 18.0. The fourth-order valence-corrected chi connectivity index (χ4v) is 4.80. The Bertz CT molecular complexity index is 902. The summed E-state index contributed by atoms with van der Waals surface area (Å²) in [5.41, 5.74) is 0. The molecule has 1 aliphatic heterocycles. The second-order valence-electron chi connectivity index (χ2n) is 10.3. The molecule has 0 aromatic rings. The van der Waals surface area contributed by atoms with E-state index < -0.39 is 48.9 Å². The minimum absolute atomic E-state index is 0.0300. The summed E-state index contributed by atoms with van der Waals surface area (Å²) >= 11 is 0. The van der Waals surface area contributed by atoms with Gasteiger partial charge in [-0.3, -0.25) is 48.4 Å². The van der Waals surface area contributed by atoms with Crippen LogP contribution in [0.25, 0.3) is 0 Å². The molecule has 0 aliphatic carbocycles. The average molecular weight is 620 g/mol. The van der Waals surface area contributed by atoms with E-state index >= 15 is 0 Å². The molecule has 0 radical (unpaired) electrons. The highest BCUT2D eigenvalue weighted by atomic mass is 16.5. The van der Waals surface area contributed by atoms with E-state index in [1.165, 1.54) is 26.2 Å². The molecule has 1 fully saturated rings. The summed E-state index contributed by atoms with van der Waals surface area (Å²) in [5.74, 6) is -4.95. The quantitative estimate of drug-likeness (QED) is 0.0726. The van der Waals surface area contributed by atoms with Gasteiger partial charge in [-0.1, -0.05) is 6.42 Å². The summed E-state index contributed by atoms with van der Waals surface area (Å²) in [6, 6.07) is -0.180. The topological polar surface area (TPSA) is 216 Å². The number of aliphatic carboxylic acids is 3. The highest BCUT2D eigenvalue weighted by Crippen LogP contribution is 2.15. The number of carbonyl (C=O) groups excluding carboxylic acids is 3. The van der Waals surface area contributed by atoms with Crippen LogP contribution in [-0.4, -0.2) is 183 Å². The first-order chi connectivity index (χ1) is 20.3. The Morgan fingerprint density at radius 3 is 1.23 bits per heavy atom. The van der Waals surface area contributed by atoms with Crippen molar-refractivity contribution < 1.29 is 58.3 Å². The molecule has 0 bridgehead atoms. The molecular formula is C26H45N5O12. The van der Waals surface area contributed by atoms with Crippen molar-refractivity contribution in [2.75, 3.05) is 99.9 Å². The third-order valence-electron chi connectivity index (χ3n) is 6.82. The van der Waals surface area contributed by atoms with Crippen molar-refractivity contribution in [3.8, 4) is 0 Å². The first-order valence-corrected chi connectivity index (χ1v) is 13.9. The van der Waals surface area contributed by atoms with Crippen LogP contribution in [0.1, 0.15) is 19.3 Å². The number of hydrogen-bond donors (Lipinski definition) is 4. The summed E-state index contributed by atoms with van der Waals surface area (Å²) in [4.78, 5) is 75.8. The zero-order chi connectivity index (χ0) is 32.4. The molecule has 43 heavy (non-hydrogen) atoms. The van der Waals surface area contributed by atoms with Crippen molar-refractivity contribution in [2.45, 2.75) is 31.3 Å². The molecule has 17 nitrogen and oxygen atoms in total. The minimum Gasteiger partial charge on any atom is -0.480 e. The van der Waals surface area contributed by atoms with Crippen molar-refractivity contribution >= 4 is 35.8 Å². The lowest BCUT2D eigenvalue weighted by Crippen LogP contribution is -2.54. The lowest BCUT2D eigenvalue weighted by molar-refractivity contribution is -0.147. The number of carboxylic acid groups (broad SMARTS) is 3. The van der Waals surface area contributed by atoms with E-state index in [0.29, 0.717) is 19.6 Å². The number of rotatable bonds is 22. The summed E-state index contributed by atoms with van der Waals surface area (Å²) in [6.45, 7) is -0.0311. The second-order valence-corrected chi connectivity index (χ2v) is 10.3. The summed E-state index contributed by atoms with van der Waals surface area (Å²) in [6.07, 6.45) is 2.37. The molecule has 1 rings (SSSR count). The molecule has 0 aromatic carbocycles. The van der Waals surface area contributed by atoms with Gasteiger partial charge in [0.2, 0.25) is 0 Å². The van der Waals surface area contributed by atoms with Crippen LogP contribution >= 0.6 is 0 Å². The Hall–Kier alpha value is -3.38. The zero-order valence-electron chi connectivity index (χ0n) is 25.1. The van der Waals surface area contributed by atoms with Gasteiger partial charge < -0.3 is 34.8 Å². The molecule has 1 aliphatic rings. The number of nitrogens with one attached hydrogen (secondary N) is 1. The summed E-state index contributed by atoms with van der Waals surface area (Å²) in [5, 5.41) is 31.1. The summed E-state index contributed by atoms with van der Waals surface area (Å²) < 4.78 is 14.3. The van der Waals surface area contributed by atoms with Gasteiger partial charge in [-0.2, -0.15) is 0 Å². The van der Waals surface area contributed by atoms with Gasteiger partial charge in [-0.25, -0.2) is 0 Å². The van der Waals surface area contributed by atoms with Crippen LogP contribution in [-0.2, 0) is 43.0 Å². The van der Waals surface area contributed by atoms with Crippen molar-refractivity contribution in [1.29, 1.82) is 0 Å². The molecule has 4 N–H and O–H groups in total. The number of esters is 3. The molecule has 17 heteroatoms. The first kappa shape index (κ1) is 37.6. The van der Waals surface area contributed by atoms with Gasteiger partial charge in [0.1, 0.15) is 0 Å². The molecule has 0 amide bonds. The predicted molar refractivity (Wildman–Crippen MR) is 149 cm³/mol. The molecule has 1 saturated heterocycles. The lowest BCUT2D eigenvalue weighted by Gasteiger charge is -2.37. The van der Waals surface area contributed by atoms with Crippen LogP contribution in [0.3, 0.4) is 0 Å². The van der Waals surface area contributed by atoms with Gasteiger partial charge >= 0.3 is 35.8 Å². The maximum Gasteiger partial charge on any atom is 0.319 e. The average Bonchev–Trinajstić information content (AvgIpc) is 2.93. The van der Waals surface area contributed by atoms with Crippen molar-refractivity contribution in [3.05, 3.63) is 0 Å². The van der Waals surface area contributed by atoms with Crippen LogP contribution in [0, 0.1) is 0 Å². The van der Waals surface area contributed by atoms with Crippen molar-refractivity contribution in [1.82, 2.24) is 24.9 Å². The van der Waals surface area contributed by atoms with Gasteiger partial charge in [-0.15, -0.1) is 0 Å². The van der Waals surface area contributed by atoms with E-state index in [0.717, 1.165) is 19.3 Å². The van der Waals surface area contributed by atoms with E-state index in [4.69, 9.17) is 24.4 Å². The normalized spacial score (nSPS) is 16.8. The number of nitrogens with zero attached hydrogens (tertiary/aromatic N) is 4. The Balaban J connectivity index is 2.87. The molecule has 0 saturated carbocycles. The predicted octanol–water partition coefficient (Wildman–Crippen LogP) is -2.52. The van der Waals surface area contributed by atoms with Gasteiger partial charge in [0.15, 0.2) is 0 Å². The molecular weight excluding hydrogens is 574 g/mol. The number of ether oxygens (including phenoxy) is 3. The fraction of sp³-hybridized carbons (Fsp3) is 0.769. The standard InChI is InChI=1S/C26H45N5O12/c1-41-24(38)16-29(8-10-31(17-25(39)42-2)18-26(40)43-3)12-20-6-4-5-19(27-20)11-28(13-21(32)33)7-9-30(14-22(34)35)15-23(36)37/h19-20,27H,4-18H2,1-3H3,(H,32,33)(H,34,35)(H,36,37). The number of carbonyl (C=O) groups is 6. The van der Waals surface area contributed by atoms with Gasteiger partial charge in [0, 0.05) is 51.4 Å². The van der Waals surface area contributed by atoms with Crippen LogP contribution in [0.4, 0.5) is 0 Å². The van der Waals surface area contributed by atoms with Crippen molar-refractivity contribution in [3.63, 3.8) is 0 Å². The SMILES string of the molecule is COC(=O)CN(CCN(CC(=O)OC)CC1CCCC(CN(CCN(CC(=O)O)CC(=O)O)CC(=O)O)N1)CC(=O)OC. The van der Waals surface area contributed by atoms with E-state index in [1.54, 1.807) is 9.80 Å². The third kappa shape index (κ3) is 17.4. The second kappa shape index (κ2) is 20.5. The Morgan fingerprint density at radius 2 is 0.860 bits per heavy atom. The Labute approximate surface area is 250 Å². The van der Waals surface area contributed by atoms with E-state index in [2.05, 4.69) is 5.32 Å². The number of methoxy groups -OCH3 is 3. The van der Waals surface area contributed by atoms with Gasteiger partial charge in [-0.05, 0) is 12.8 Å². The number of piperidine rings is 1. The Morgan fingerprint density at radius 1 is 0.558 bits per heavy atom. The number of carboxylic acids is 3. The van der Waals surface area contributed by atoms with Crippen LogP contribution in [0.2, 0.25) is 0 Å². The molecule has 246 valence electrons. The molecule has 1 heterocycles. The molecule has 2 atom stereocenters. The highest BCUT2D eigenvalue weighted by molar-refractivity contribution is 5.75. The van der Waals surface area contributed by atoms with Crippen LogP contribution < -0.4 is 5.32 Å². The first-order valence-electron chi connectivity index (χ1n) is 13.9. The van der Waals surface area contributed by atoms with Crippen LogP contribution in [0.5, 0.6) is 0 Å². The smallest absolute Gasteiger partial charge is 0.319 e. The molecule has 0 aromatic heterocycles.